The molecule has 0 aromatic rings. The van der Waals surface area contributed by atoms with E-state index in [1.165, 1.54) is 77.4 Å². The van der Waals surface area contributed by atoms with Crippen molar-refractivity contribution in [1.29, 1.82) is 0 Å². The molecular formula is C29H56ClN3O. The standard InChI is InChI=1S/C29H56ClN3O/c1-21(2)28(32-17-24-8-6-7-23(15-24)16-31-22(3)19-34)18-33-14-13-27(29(4,5)20-33)25-9-11-26(30)12-10-25/h21-28,31-32,34H,6-20H2,1-5H3/t22-,23?,24?,25?,26?,27?,28-/m0/s1. The fraction of sp³-hybridized carbons (Fsp3) is 1.00. The number of halogens is 1. The van der Waals surface area contributed by atoms with Crippen LogP contribution in [0.15, 0.2) is 0 Å². The molecule has 5 atom stereocenters. The lowest BCUT2D eigenvalue weighted by atomic mass is 9.64. The molecule has 1 aliphatic heterocycles. The van der Waals surface area contributed by atoms with Gasteiger partial charge in [-0.2, -0.15) is 0 Å². The van der Waals surface area contributed by atoms with E-state index < -0.39 is 0 Å². The summed E-state index contributed by atoms with van der Waals surface area (Å²) in [7, 11) is 0. The lowest BCUT2D eigenvalue weighted by molar-refractivity contribution is 0.00453. The van der Waals surface area contributed by atoms with E-state index >= 15 is 0 Å². The Labute approximate surface area is 216 Å². The molecule has 4 nitrogen and oxygen atoms in total. The maximum absolute atomic E-state index is 9.29. The number of nitrogens with zero attached hydrogens (tertiary/aromatic N) is 1. The van der Waals surface area contributed by atoms with Crippen LogP contribution in [-0.2, 0) is 0 Å². The van der Waals surface area contributed by atoms with Crippen LogP contribution in [0.25, 0.3) is 0 Å². The Kier molecular flexibility index (Phi) is 11.5. The van der Waals surface area contributed by atoms with Gasteiger partial charge in [-0.25, -0.2) is 0 Å². The quantitative estimate of drug-likeness (QED) is 0.329. The van der Waals surface area contributed by atoms with E-state index in [2.05, 4.69) is 50.2 Å². The minimum atomic E-state index is 0.215. The van der Waals surface area contributed by atoms with E-state index in [0.29, 0.717) is 22.8 Å². The SMILES string of the molecule is CC(C)[C@H](CN1CCC(C2CCC(Cl)CC2)C(C)(C)C1)NCC1CCCC(CN[C@@H](C)CO)C1. The fourth-order valence-electron chi connectivity index (χ4n) is 7.31. The van der Waals surface area contributed by atoms with Gasteiger partial charge in [0.15, 0.2) is 0 Å². The molecule has 0 radical (unpaired) electrons. The molecule has 3 N–H and O–H groups in total. The monoisotopic (exact) mass is 497 g/mol. The Morgan fingerprint density at radius 1 is 0.941 bits per heavy atom. The predicted molar refractivity (Wildman–Crippen MR) is 147 cm³/mol. The number of hydrogen-bond donors (Lipinski definition) is 3. The zero-order chi connectivity index (χ0) is 24.7. The lowest BCUT2D eigenvalue weighted by Gasteiger charge is -2.49. The topological polar surface area (TPSA) is 47.5 Å². The Hall–Kier alpha value is 0.130. The van der Waals surface area contributed by atoms with Crippen LogP contribution in [-0.4, -0.2) is 66.8 Å². The van der Waals surface area contributed by atoms with E-state index in [1.54, 1.807) is 0 Å². The van der Waals surface area contributed by atoms with Gasteiger partial charge in [0, 0.05) is 30.6 Å². The van der Waals surface area contributed by atoms with Crippen molar-refractivity contribution in [3.8, 4) is 0 Å². The van der Waals surface area contributed by atoms with Crippen molar-refractivity contribution in [2.75, 3.05) is 39.3 Å². The molecule has 3 unspecified atom stereocenters. The third kappa shape index (κ3) is 8.61. The van der Waals surface area contributed by atoms with Gasteiger partial charge in [0.25, 0.3) is 0 Å². The fourth-order valence-corrected chi connectivity index (χ4v) is 7.56. The first kappa shape index (κ1) is 28.7. The Balaban J connectivity index is 1.45. The van der Waals surface area contributed by atoms with Crippen LogP contribution in [0.1, 0.15) is 92.4 Å². The highest BCUT2D eigenvalue weighted by molar-refractivity contribution is 6.20. The average molecular weight is 498 g/mol. The number of rotatable bonds is 11. The van der Waals surface area contributed by atoms with Crippen LogP contribution in [0.5, 0.6) is 0 Å². The molecule has 0 bridgehead atoms. The van der Waals surface area contributed by atoms with Crippen LogP contribution in [0, 0.1) is 35.0 Å². The van der Waals surface area contributed by atoms with Crippen molar-refractivity contribution < 1.29 is 5.11 Å². The van der Waals surface area contributed by atoms with Crippen LogP contribution < -0.4 is 10.6 Å². The minimum absolute atomic E-state index is 0.215. The number of hydrogen-bond acceptors (Lipinski definition) is 4. The Morgan fingerprint density at radius 2 is 1.59 bits per heavy atom. The molecule has 3 fully saturated rings. The predicted octanol–water partition coefficient (Wildman–Crippen LogP) is 5.52. The van der Waals surface area contributed by atoms with Gasteiger partial charge in [-0.3, -0.25) is 0 Å². The van der Waals surface area contributed by atoms with Crippen LogP contribution >= 0.6 is 11.6 Å². The molecule has 200 valence electrons. The van der Waals surface area contributed by atoms with Gasteiger partial charge in [-0.1, -0.05) is 34.1 Å². The largest absolute Gasteiger partial charge is 0.395 e. The summed E-state index contributed by atoms with van der Waals surface area (Å²) in [5, 5.41) is 17.3. The minimum Gasteiger partial charge on any atom is -0.395 e. The van der Waals surface area contributed by atoms with Gasteiger partial charge in [0.05, 0.1) is 6.61 Å². The van der Waals surface area contributed by atoms with Crippen molar-refractivity contribution in [3.63, 3.8) is 0 Å². The van der Waals surface area contributed by atoms with Crippen molar-refractivity contribution in [2.45, 2.75) is 110 Å². The number of piperidine rings is 1. The van der Waals surface area contributed by atoms with Crippen molar-refractivity contribution in [2.24, 2.45) is 35.0 Å². The van der Waals surface area contributed by atoms with Gasteiger partial charge in [0.1, 0.15) is 0 Å². The summed E-state index contributed by atoms with van der Waals surface area (Å²) in [6.07, 6.45) is 11.9. The molecule has 2 saturated carbocycles. The summed E-state index contributed by atoms with van der Waals surface area (Å²) < 4.78 is 0. The lowest BCUT2D eigenvalue weighted by Crippen LogP contribution is -2.53. The first-order valence-electron chi connectivity index (χ1n) is 14.6. The molecular weight excluding hydrogens is 442 g/mol. The summed E-state index contributed by atoms with van der Waals surface area (Å²) in [6.45, 7) is 18.1. The smallest absolute Gasteiger partial charge is 0.0581 e. The summed E-state index contributed by atoms with van der Waals surface area (Å²) in [5.74, 6) is 3.97. The molecule has 34 heavy (non-hydrogen) atoms. The normalized spacial score (nSPS) is 34.8. The molecule has 2 aliphatic carbocycles. The first-order chi connectivity index (χ1) is 16.2. The van der Waals surface area contributed by atoms with E-state index in [9.17, 15) is 5.11 Å². The molecule has 5 heteroatoms. The summed E-state index contributed by atoms with van der Waals surface area (Å²) in [4.78, 5) is 2.77. The van der Waals surface area contributed by atoms with Crippen LogP contribution in [0.2, 0.25) is 0 Å². The highest BCUT2D eigenvalue weighted by atomic mass is 35.5. The van der Waals surface area contributed by atoms with Gasteiger partial charge < -0.3 is 20.6 Å². The van der Waals surface area contributed by atoms with Crippen LogP contribution in [0.4, 0.5) is 0 Å². The van der Waals surface area contributed by atoms with E-state index in [1.807, 2.05) is 0 Å². The van der Waals surface area contributed by atoms with Crippen molar-refractivity contribution in [1.82, 2.24) is 15.5 Å². The molecule has 1 saturated heterocycles. The summed E-state index contributed by atoms with van der Waals surface area (Å²) >= 11 is 6.40. The van der Waals surface area contributed by atoms with E-state index in [4.69, 9.17) is 11.6 Å². The van der Waals surface area contributed by atoms with E-state index in [0.717, 1.165) is 36.8 Å². The number of nitrogens with one attached hydrogen (secondary N) is 2. The maximum Gasteiger partial charge on any atom is 0.0581 e. The third-order valence-corrected chi connectivity index (χ3v) is 9.95. The average Bonchev–Trinajstić information content (AvgIpc) is 2.80. The number of aliphatic hydroxyl groups is 1. The summed E-state index contributed by atoms with van der Waals surface area (Å²) in [6, 6.07) is 0.791. The molecule has 0 amide bonds. The zero-order valence-corrected chi connectivity index (χ0v) is 23.8. The van der Waals surface area contributed by atoms with E-state index in [-0.39, 0.29) is 12.6 Å². The van der Waals surface area contributed by atoms with Gasteiger partial charge in [-0.05, 0) is 113 Å². The third-order valence-electron chi connectivity index (χ3n) is 9.51. The highest BCUT2D eigenvalue weighted by Gasteiger charge is 2.41. The highest BCUT2D eigenvalue weighted by Crippen LogP contribution is 2.45. The molecule has 0 aromatic heterocycles. The van der Waals surface area contributed by atoms with Crippen molar-refractivity contribution >= 4 is 11.6 Å². The second-order valence-electron chi connectivity index (χ2n) is 13.3. The molecule has 1 heterocycles. The Morgan fingerprint density at radius 3 is 2.18 bits per heavy atom. The van der Waals surface area contributed by atoms with Crippen LogP contribution in [0.3, 0.4) is 0 Å². The summed E-state index contributed by atoms with van der Waals surface area (Å²) in [5.41, 5.74) is 0.402. The Bertz CT molecular complexity index is 578. The molecule has 3 aliphatic rings. The molecule has 0 aromatic carbocycles. The second kappa shape index (κ2) is 13.6. The van der Waals surface area contributed by atoms with Gasteiger partial charge in [0.2, 0.25) is 0 Å². The first-order valence-corrected chi connectivity index (χ1v) is 15.1. The van der Waals surface area contributed by atoms with Gasteiger partial charge >= 0.3 is 0 Å². The number of alkyl halides is 1. The second-order valence-corrected chi connectivity index (χ2v) is 13.9. The molecule has 3 rings (SSSR count). The maximum atomic E-state index is 9.29. The number of likely N-dealkylation sites (tertiary alicyclic amines) is 1. The molecule has 0 spiro atoms. The van der Waals surface area contributed by atoms with Gasteiger partial charge in [-0.15, -0.1) is 11.6 Å². The van der Waals surface area contributed by atoms with Crippen molar-refractivity contribution in [3.05, 3.63) is 0 Å². The number of aliphatic hydroxyl groups excluding tert-OH is 1. The zero-order valence-electron chi connectivity index (χ0n) is 23.0.